The number of hydrogen-bond acceptors (Lipinski definition) is 3. The average molecular weight is 293 g/mol. The number of hydrogen-bond donors (Lipinski definition) is 1. The van der Waals surface area contributed by atoms with Crippen molar-refractivity contribution in [1.29, 1.82) is 0 Å². The van der Waals surface area contributed by atoms with Crippen LogP contribution in [0.1, 0.15) is 13.3 Å². The molecule has 1 aliphatic heterocycles. The zero-order valence-corrected chi connectivity index (χ0v) is 12.1. The number of rotatable bonds is 4. The van der Waals surface area contributed by atoms with E-state index in [1.165, 1.54) is 12.1 Å². The maximum Gasteiger partial charge on any atom is 0.238 e. The largest absolute Gasteiger partial charge is 0.340 e. The molecule has 0 spiro atoms. The standard InChI is InChI=1S/C15H20FN3O2/c1-2-15(21)19-8-6-18(7-9-19)11-14(20)17-13-5-3-4-12(16)10-13/h3-5,10H,2,6-9,11H2,1H3,(H,17,20). The van der Waals surface area contributed by atoms with Gasteiger partial charge in [-0.3, -0.25) is 14.5 Å². The van der Waals surface area contributed by atoms with Crippen LogP contribution in [0.5, 0.6) is 0 Å². The van der Waals surface area contributed by atoms with Gasteiger partial charge in [0.1, 0.15) is 5.82 Å². The van der Waals surface area contributed by atoms with E-state index in [0.717, 1.165) is 0 Å². The lowest BCUT2D eigenvalue weighted by Gasteiger charge is -2.34. The van der Waals surface area contributed by atoms with E-state index in [4.69, 9.17) is 0 Å². The summed E-state index contributed by atoms with van der Waals surface area (Å²) in [6, 6.07) is 5.83. The first-order chi connectivity index (χ1) is 10.1. The van der Waals surface area contributed by atoms with Gasteiger partial charge in [0.05, 0.1) is 6.54 Å². The quantitative estimate of drug-likeness (QED) is 0.911. The Morgan fingerprint density at radius 1 is 1.24 bits per heavy atom. The van der Waals surface area contributed by atoms with E-state index in [2.05, 4.69) is 5.32 Å². The van der Waals surface area contributed by atoms with Crippen molar-refractivity contribution in [2.75, 3.05) is 38.0 Å². The number of amides is 2. The fourth-order valence-electron chi connectivity index (χ4n) is 2.35. The minimum atomic E-state index is -0.375. The van der Waals surface area contributed by atoms with Gasteiger partial charge in [0, 0.05) is 38.3 Å². The third-order valence-corrected chi connectivity index (χ3v) is 3.50. The molecule has 0 aliphatic carbocycles. The predicted octanol–water partition coefficient (Wildman–Crippen LogP) is 1.32. The Morgan fingerprint density at radius 3 is 2.57 bits per heavy atom. The van der Waals surface area contributed by atoms with Crippen LogP contribution in [-0.2, 0) is 9.59 Å². The topological polar surface area (TPSA) is 52.7 Å². The van der Waals surface area contributed by atoms with Gasteiger partial charge in [-0.25, -0.2) is 4.39 Å². The number of halogens is 1. The van der Waals surface area contributed by atoms with E-state index in [0.29, 0.717) is 38.3 Å². The summed E-state index contributed by atoms with van der Waals surface area (Å²) in [5.74, 6) is -0.394. The number of nitrogens with zero attached hydrogens (tertiary/aromatic N) is 2. The minimum absolute atomic E-state index is 0.152. The molecule has 0 atom stereocenters. The van der Waals surface area contributed by atoms with Crippen molar-refractivity contribution in [3.8, 4) is 0 Å². The van der Waals surface area contributed by atoms with Crippen LogP contribution in [0.3, 0.4) is 0 Å². The molecule has 114 valence electrons. The summed E-state index contributed by atoms with van der Waals surface area (Å²) in [6.45, 7) is 4.77. The van der Waals surface area contributed by atoms with E-state index in [-0.39, 0.29) is 24.2 Å². The van der Waals surface area contributed by atoms with Gasteiger partial charge in [0.25, 0.3) is 0 Å². The first-order valence-corrected chi connectivity index (χ1v) is 7.14. The molecule has 0 bridgehead atoms. The van der Waals surface area contributed by atoms with Gasteiger partial charge in [-0.15, -0.1) is 0 Å². The van der Waals surface area contributed by atoms with Crippen molar-refractivity contribution < 1.29 is 14.0 Å². The third-order valence-electron chi connectivity index (χ3n) is 3.50. The molecule has 1 N–H and O–H groups in total. The van der Waals surface area contributed by atoms with Crippen LogP contribution in [0.4, 0.5) is 10.1 Å². The molecule has 2 rings (SSSR count). The molecule has 6 heteroatoms. The number of anilines is 1. The summed E-state index contributed by atoms with van der Waals surface area (Å²) in [6.07, 6.45) is 0.514. The molecule has 1 aliphatic rings. The summed E-state index contributed by atoms with van der Waals surface area (Å²) in [7, 11) is 0. The lowest BCUT2D eigenvalue weighted by atomic mass is 10.2. The third kappa shape index (κ3) is 4.53. The normalized spacial score (nSPS) is 15.8. The maximum absolute atomic E-state index is 13.0. The zero-order chi connectivity index (χ0) is 15.2. The fraction of sp³-hybridized carbons (Fsp3) is 0.467. The summed E-state index contributed by atoms with van der Waals surface area (Å²) in [4.78, 5) is 27.3. The molecule has 0 aromatic heterocycles. The van der Waals surface area contributed by atoms with Crippen molar-refractivity contribution in [1.82, 2.24) is 9.80 Å². The second-order valence-electron chi connectivity index (χ2n) is 5.07. The highest BCUT2D eigenvalue weighted by molar-refractivity contribution is 5.92. The highest BCUT2D eigenvalue weighted by Crippen LogP contribution is 2.09. The molecule has 0 unspecified atom stereocenters. The van der Waals surface area contributed by atoms with Gasteiger partial charge in [-0.05, 0) is 18.2 Å². The van der Waals surface area contributed by atoms with Crippen LogP contribution in [0.2, 0.25) is 0 Å². The highest BCUT2D eigenvalue weighted by Gasteiger charge is 2.21. The summed E-state index contributed by atoms with van der Waals surface area (Å²) in [5.41, 5.74) is 0.458. The van der Waals surface area contributed by atoms with Crippen molar-refractivity contribution in [3.05, 3.63) is 30.1 Å². The molecule has 0 saturated carbocycles. The summed E-state index contributed by atoms with van der Waals surface area (Å²) in [5, 5.41) is 2.67. The molecule has 1 saturated heterocycles. The predicted molar refractivity (Wildman–Crippen MR) is 78.3 cm³/mol. The van der Waals surface area contributed by atoms with Gasteiger partial charge >= 0.3 is 0 Å². The number of carbonyl (C=O) groups is 2. The average Bonchev–Trinajstić information content (AvgIpc) is 2.47. The molecular weight excluding hydrogens is 273 g/mol. The molecule has 0 radical (unpaired) electrons. The SMILES string of the molecule is CCC(=O)N1CCN(CC(=O)Nc2cccc(F)c2)CC1. The highest BCUT2D eigenvalue weighted by atomic mass is 19.1. The van der Waals surface area contributed by atoms with Gasteiger partial charge in [0.15, 0.2) is 0 Å². The Labute approximate surface area is 123 Å². The maximum atomic E-state index is 13.0. The second kappa shape index (κ2) is 7.17. The minimum Gasteiger partial charge on any atom is -0.340 e. The van der Waals surface area contributed by atoms with Gasteiger partial charge in [-0.1, -0.05) is 13.0 Å². The van der Waals surface area contributed by atoms with E-state index in [1.54, 1.807) is 12.1 Å². The van der Waals surface area contributed by atoms with E-state index in [1.807, 2.05) is 16.7 Å². The van der Waals surface area contributed by atoms with Gasteiger partial charge in [0.2, 0.25) is 11.8 Å². The van der Waals surface area contributed by atoms with Crippen LogP contribution in [-0.4, -0.2) is 54.3 Å². The smallest absolute Gasteiger partial charge is 0.238 e. The molecule has 1 fully saturated rings. The van der Waals surface area contributed by atoms with E-state index < -0.39 is 0 Å². The van der Waals surface area contributed by atoms with Crippen LogP contribution >= 0.6 is 0 Å². The van der Waals surface area contributed by atoms with Crippen LogP contribution < -0.4 is 5.32 Å². The zero-order valence-electron chi connectivity index (χ0n) is 12.1. The molecule has 1 aromatic rings. The number of benzene rings is 1. The van der Waals surface area contributed by atoms with Gasteiger partial charge < -0.3 is 10.2 Å². The Bertz CT molecular complexity index is 513. The lowest BCUT2D eigenvalue weighted by Crippen LogP contribution is -2.50. The molecule has 1 aromatic carbocycles. The lowest BCUT2D eigenvalue weighted by molar-refractivity contribution is -0.132. The molecule has 5 nitrogen and oxygen atoms in total. The van der Waals surface area contributed by atoms with Crippen LogP contribution in [0.25, 0.3) is 0 Å². The van der Waals surface area contributed by atoms with Crippen LogP contribution in [0.15, 0.2) is 24.3 Å². The first kappa shape index (κ1) is 15.4. The van der Waals surface area contributed by atoms with Crippen LogP contribution in [0, 0.1) is 5.82 Å². The number of piperazine rings is 1. The van der Waals surface area contributed by atoms with Gasteiger partial charge in [-0.2, -0.15) is 0 Å². The Balaban J connectivity index is 1.78. The molecule has 21 heavy (non-hydrogen) atoms. The second-order valence-corrected chi connectivity index (χ2v) is 5.07. The van der Waals surface area contributed by atoms with Crippen molar-refractivity contribution in [3.63, 3.8) is 0 Å². The van der Waals surface area contributed by atoms with Crippen molar-refractivity contribution >= 4 is 17.5 Å². The summed E-state index contributed by atoms with van der Waals surface area (Å²) >= 11 is 0. The first-order valence-electron chi connectivity index (χ1n) is 7.14. The monoisotopic (exact) mass is 293 g/mol. The fourth-order valence-corrected chi connectivity index (χ4v) is 2.35. The Kier molecular flexibility index (Phi) is 5.27. The molecule has 2 amide bonds. The molecular formula is C15H20FN3O2. The Hall–Kier alpha value is -1.95. The Morgan fingerprint density at radius 2 is 1.95 bits per heavy atom. The van der Waals surface area contributed by atoms with E-state index >= 15 is 0 Å². The van der Waals surface area contributed by atoms with Crippen molar-refractivity contribution in [2.45, 2.75) is 13.3 Å². The number of carbonyl (C=O) groups excluding carboxylic acids is 2. The van der Waals surface area contributed by atoms with E-state index in [9.17, 15) is 14.0 Å². The summed E-state index contributed by atoms with van der Waals surface area (Å²) < 4.78 is 13.0. The molecule has 1 heterocycles. The number of nitrogens with one attached hydrogen (secondary N) is 1. The van der Waals surface area contributed by atoms with Crippen molar-refractivity contribution in [2.24, 2.45) is 0 Å².